The standard InChI is InChI=1S/C16H25NO2/c1-4-5-15(16(18)19)17-11-14-8-6-13(7-9-14)10-12(2)3/h6-9,12,15,17H,4-5,10-11H2,1-3H3,(H,18,19). The number of hydrogen-bond acceptors (Lipinski definition) is 2. The maximum Gasteiger partial charge on any atom is 0.320 e. The lowest BCUT2D eigenvalue weighted by atomic mass is 10.0. The van der Waals surface area contributed by atoms with Gasteiger partial charge in [-0.25, -0.2) is 0 Å². The predicted molar refractivity (Wildman–Crippen MR) is 78.2 cm³/mol. The van der Waals surface area contributed by atoms with Gasteiger partial charge in [-0.1, -0.05) is 51.5 Å². The van der Waals surface area contributed by atoms with E-state index in [1.54, 1.807) is 0 Å². The molecule has 1 unspecified atom stereocenters. The van der Waals surface area contributed by atoms with Gasteiger partial charge < -0.3 is 10.4 Å². The van der Waals surface area contributed by atoms with Gasteiger partial charge in [-0.05, 0) is 29.9 Å². The minimum absolute atomic E-state index is 0.444. The SMILES string of the molecule is CCCC(NCc1ccc(CC(C)C)cc1)C(=O)O. The Morgan fingerprint density at radius 3 is 2.26 bits per heavy atom. The molecular formula is C16H25NO2. The van der Waals surface area contributed by atoms with Crippen molar-refractivity contribution in [3.05, 3.63) is 35.4 Å². The van der Waals surface area contributed by atoms with E-state index < -0.39 is 12.0 Å². The summed E-state index contributed by atoms with van der Waals surface area (Å²) in [6, 6.07) is 7.98. The van der Waals surface area contributed by atoms with E-state index in [1.807, 2.05) is 6.92 Å². The number of benzene rings is 1. The molecule has 2 N–H and O–H groups in total. The fraction of sp³-hybridized carbons (Fsp3) is 0.562. The highest BCUT2D eigenvalue weighted by molar-refractivity contribution is 5.73. The number of nitrogens with one attached hydrogen (secondary N) is 1. The van der Waals surface area contributed by atoms with Crippen molar-refractivity contribution in [1.29, 1.82) is 0 Å². The molecule has 106 valence electrons. The molecule has 0 saturated heterocycles. The topological polar surface area (TPSA) is 49.3 Å². The van der Waals surface area contributed by atoms with Crippen LogP contribution in [-0.4, -0.2) is 17.1 Å². The maximum atomic E-state index is 11.0. The predicted octanol–water partition coefficient (Wildman–Crippen LogP) is 3.23. The summed E-state index contributed by atoms with van der Waals surface area (Å²) in [5, 5.41) is 12.2. The van der Waals surface area contributed by atoms with Crippen LogP contribution >= 0.6 is 0 Å². The molecule has 1 rings (SSSR count). The first-order valence-corrected chi connectivity index (χ1v) is 7.07. The molecule has 0 heterocycles. The van der Waals surface area contributed by atoms with E-state index in [1.165, 1.54) is 5.56 Å². The molecule has 1 aromatic carbocycles. The highest BCUT2D eigenvalue weighted by atomic mass is 16.4. The van der Waals surface area contributed by atoms with Crippen molar-refractivity contribution >= 4 is 5.97 Å². The Bertz CT molecular complexity index is 384. The first kappa shape index (κ1) is 15.7. The molecule has 0 bridgehead atoms. The fourth-order valence-electron chi connectivity index (χ4n) is 2.11. The molecule has 1 aromatic rings. The van der Waals surface area contributed by atoms with E-state index in [4.69, 9.17) is 5.11 Å². The van der Waals surface area contributed by atoms with Gasteiger partial charge in [0.25, 0.3) is 0 Å². The minimum atomic E-state index is -0.765. The average molecular weight is 263 g/mol. The lowest BCUT2D eigenvalue weighted by Gasteiger charge is -2.13. The van der Waals surface area contributed by atoms with Crippen LogP contribution < -0.4 is 5.32 Å². The second-order valence-electron chi connectivity index (χ2n) is 5.47. The highest BCUT2D eigenvalue weighted by Gasteiger charge is 2.14. The van der Waals surface area contributed by atoms with Crippen molar-refractivity contribution in [2.24, 2.45) is 5.92 Å². The quantitative estimate of drug-likeness (QED) is 0.757. The monoisotopic (exact) mass is 263 g/mol. The summed E-state index contributed by atoms with van der Waals surface area (Å²) in [6.07, 6.45) is 2.62. The first-order chi connectivity index (χ1) is 9.02. The largest absolute Gasteiger partial charge is 0.480 e. The zero-order valence-electron chi connectivity index (χ0n) is 12.1. The molecule has 0 spiro atoms. The van der Waals surface area contributed by atoms with Gasteiger partial charge in [-0.15, -0.1) is 0 Å². The smallest absolute Gasteiger partial charge is 0.320 e. The Labute approximate surface area is 116 Å². The van der Waals surface area contributed by atoms with E-state index in [0.29, 0.717) is 18.9 Å². The maximum absolute atomic E-state index is 11.0. The Balaban J connectivity index is 2.50. The van der Waals surface area contributed by atoms with Crippen LogP contribution in [0.3, 0.4) is 0 Å². The number of aliphatic carboxylic acids is 1. The van der Waals surface area contributed by atoms with Crippen molar-refractivity contribution in [3.63, 3.8) is 0 Å². The lowest BCUT2D eigenvalue weighted by Crippen LogP contribution is -2.35. The van der Waals surface area contributed by atoms with E-state index >= 15 is 0 Å². The van der Waals surface area contributed by atoms with E-state index in [-0.39, 0.29) is 0 Å². The summed E-state index contributed by atoms with van der Waals surface area (Å²) < 4.78 is 0. The van der Waals surface area contributed by atoms with Gasteiger partial charge in [0, 0.05) is 6.54 Å². The van der Waals surface area contributed by atoms with Gasteiger partial charge in [-0.3, -0.25) is 4.79 Å². The van der Waals surface area contributed by atoms with Crippen LogP contribution in [0, 0.1) is 5.92 Å². The Morgan fingerprint density at radius 2 is 1.79 bits per heavy atom. The third-order valence-corrected chi connectivity index (χ3v) is 3.09. The number of carboxylic acid groups (broad SMARTS) is 1. The van der Waals surface area contributed by atoms with Crippen molar-refractivity contribution in [3.8, 4) is 0 Å². The molecule has 19 heavy (non-hydrogen) atoms. The molecule has 0 aromatic heterocycles. The van der Waals surface area contributed by atoms with Crippen LogP contribution in [0.15, 0.2) is 24.3 Å². The number of hydrogen-bond donors (Lipinski definition) is 2. The van der Waals surface area contributed by atoms with Crippen molar-refractivity contribution in [2.45, 2.75) is 52.6 Å². The molecule has 0 aliphatic heterocycles. The average Bonchev–Trinajstić information content (AvgIpc) is 2.35. The molecule has 0 saturated carbocycles. The summed E-state index contributed by atoms with van der Waals surface area (Å²) in [4.78, 5) is 11.0. The molecule has 1 atom stereocenters. The summed E-state index contributed by atoms with van der Waals surface area (Å²) in [7, 11) is 0. The van der Waals surface area contributed by atoms with Crippen molar-refractivity contribution in [1.82, 2.24) is 5.32 Å². The van der Waals surface area contributed by atoms with Crippen LogP contribution in [0.1, 0.15) is 44.7 Å². The molecule has 0 aliphatic carbocycles. The summed E-state index contributed by atoms with van der Waals surface area (Å²) in [6.45, 7) is 7.02. The molecule has 0 aliphatic rings. The Morgan fingerprint density at radius 1 is 1.21 bits per heavy atom. The molecule has 3 heteroatoms. The van der Waals surface area contributed by atoms with Gasteiger partial charge in [0.15, 0.2) is 0 Å². The van der Waals surface area contributed by atoms with Gasteiger partial charge in [0.2, 0.25) is 0 Å². The van der Waals surface area contributed by atoms with Crippen molar-refractivity contribution in [2.75, 3.05) is 0 Å². The zero-order valence-corrected chi connectivity index (χ0v) is 12.1. The summed E-state index contributed by atoms with van der Waals surface area (Å²) in [5.41, 5.74) is 2.47. The number of carbonyl (C=O) groups is 1. The second-order valence-corrected chi connectivity index (χ2v) is 5.47. The van der Waals surface area contributed by atoms with Gasteiger partial charge in [0.1, 0.15) is 6.04 Å². The van der Waals surface area contributed by atoms with Gasteiger partial charge >= 0.3 is 5.97 Å². The first-order valence-electron chi connectivity index (χ1n) is 7.07. The summed E-state index contributed by atoms with van der Waals surface area (Å²) in [5.74, 6) is -0.108. The van der Waals surface area contributed by atoms with Crippen LogP contribution in [0.5, 0.6) is 0 Å². The summed E-state index contributed by atoms with van der Waals surface area (Å²) >= 11 is 0. The van der Waals surface area contributed by atoms with E-state index in [2.05, 4.69) is 43.4 Å². The van der Waals surface area contributed by atoms with Crippen LogP contribution in [0.4, 0.5) is 0 Å². The highest BCUT2D eigenvalue weighted by Crippen LogP contribution is 2.10. The minimum Gasteiger partial charge on any atom is -0.480 e. The third kappa shape index (κ3) is 5.88. The molecular weight excluding hydrogens is 238 g/mol. The van der Waals surface area contributed by atoms with Crippen molar-refractivity contribution < 1.29 is 9.90 Å². The second kappa shape index (κ2) is 7.95. The Hall–Kier alpha value is -1.35. The normalized spacial score (nSPS) is 12.6. The number of carboxylic acids is 1. The zero-order chi connectivity index (χ0) is 14.3. The Kier molecular flexibility index (Phi) is 6.57. The van der Waals surface area contributed by atoms with Crippen LogP contribution in [-0.2, 0) is 17.8 Å². The van der Waals surface area contributed by atoms with Gasteiger partial charge in [-0.2, -0.15) is 0 Å². The number of rotatable bonds is 8. The molecule has 3 nitrogen and oxygen atoms in total. The van der Waals surface area contributed by atoms with E-state index in [9.17, 15) is 4.79 Å². The van der Waals surface area contributed by atoms with Crippen LogP contribution in [0.25, 0.3) is 0 Å². The van der Waals surface area contributed by atoms with Crippen LogP contribution in [0.2, 0.25) is 0 Å². The fourth-order valence-corrected chi connectivity index (χ4v) is 2.11. The molecule has 0 fully saturated rings. The van der Waals surface area contributed by atoms with Gasteiger partial charge in [0.05, 0.1) is 0 Å². The third-order valence-electron chi connectivity index (χ3n) is 3.09. The lowest BCUT2D eigenvalue weighted by molar-refractivity contribution is -0.139. The molecule has 0 amide bonds. The molecule has 0 radical (unpaired) electrons. The van der Waals surface area contributed by atoms with E-state index in [0.717, 1.165) is 18.4 Å².